The molecule has 0 heterocycles. The van der Waals surface area contributed by atoms with Gasteiger partial charge in [0.1, 0.15) is 0 Å². The van der Waals surface area contributed by atoms with Crippen molar-refractivity contribution in [2.45, 2.75) is 45.6 Å². The molecule has 1 N–H and O–H groups in total. The lowest BCUT2D eigenvalue weighted by atomic mass is 10.3. The van der Waals surface area contributed by atoms with E-state index in [1.165, 1.54) is 38.3 Å². The lowest BCUT2D eigenvalue weighted by Gasteiger charge is -2.00. The predicted molar refractivity (Wildman–Crippen MR) is 51.2 cm³/mol. The molecule has 0 amide bonds. The largest absolute Gasteiger partial charge is 0.342 e. The van der Waals surface area contributed by atoms with Crippen molar-refractivity contribution in [1.82, 2.24) is 4.98 Å². The Bertz CT molecular complexity index is 49.2. The van der Waals surface area contributed by atoms with Gasteiger partial charge < -0.3 is 4.98 Å². The number of hydrogen-bond donors (Lipinski definition) is 1. The minimum absolute atomic E-state index is 0.130. The molecule has 0 fully saturated rings. The molecule has 0 unspecified atom stereocenters. The molecule has 0 aliphatic heterocycles. The Balaban J connectivity index is 2.65. The van der Waals surface area contributed by atoms with E-state index in [1.807, 2.05) is 0 Å². The van der Waals surface area contributed by atoms with Gasteiger partial charge in [-0.15, -0.1) is 0 Å². The zero-order valence-electron chi connectivity index (χ0n) is 7.45. The molecule has 0 atom stereocenters. The average molecular weight is 159 g/mol. The first kappa shape index (κ1) is 10.2. The van der Waals surface area contributed by atoms with Crippen molar-refractivity contribution in [3.05, 3.63) is 0 Å². The van der Waals surface area contributed by atoms with Crippen LogP contribution in [0.4, 0.5) is 0 Å². The zero-order chi connectivity index (χ0) is 7.66. The fraction of sp³-hybridized carbons (Fsp3) is 1.00. The van der Waals surface area contributed by atoms with E-state index < -0.39 is 0 Å². The summed E-state index contributed by atoms with van der Waals surface area (Å²) in [5.74, 6) is 0. The van der Waals surface area contributed by atoms with Gasteiger partial charge in [-0.05, 0) is 19.0 Å². The van der Waals surface area contributed by atoms with Gasteiger partial charge in [0.15, 0.2) is 0 Å². The van der Waals surface area contributed by atoms with E-state index in [0.29, 0.717) is 0 Å². The summed E-state index contributed by atoms with van der Waals surface area (Å²) in [5, 5.41) is 0. The summed E-state index contributed by atoms with van der Waals surface area (Å²) in [6.45, 7) is 5.78. The van der Waals surface area contributed by atoms with Crippen LogP contribution < -0.4 is 4.98 Å². The summed E-state index contributed by atoms with van der Waals surface area (Å²) in [7, 11) is 0.130. The van der Waals surface area contributed by atoms with Crippen molar-refractivity contribution in [3.8, 4) is 0 Å². The second-order valence-corrected chi connectivity index (χ2v) is 4.52. The van der Waals surface area contributed by atoms with Crippen LogP contribution in [0.3, 0.4) is 0 Å². The monoisotopic (exact) mass is 159 g/mol. The van der Waals surface area contributed by atoms with Gasteiger partial charge in [-0.1, -0.05) is 33.1 Å². The molecule has 62 valence electrons. The van der Waals surface area contributed by atoms with Crippen LogP contribution in [-0.4, -0.2) is 16.2 Å². The van der Waals surface area contributed by atoms with E-state index in [9.17, 15) is 0 Å². The summed E-state index contributed by atoms with van der Waals surface area (Å²) >= 11 is 0. The highest BCUT2D eigenvalue weighted by molar-refractivity contribution is 6.31. The van der Waals surface area contributed by atoms with Gasteiger partial charge in [0.05, 0.1) is 9.68 Å². The first-order valence-corrected chi connectivity index (χ1v) is 6.33. The third kappa shape index (κ3) is 8.18. The van der Waals surface area contributed by atoms with E-state index in [2.05, 4.69) is 18.8 Å². The van der Waals surface area contributed by atoms with Crippen LogP contribution >= 0.6 is 0 Å². The second kappa shape index (κ2) is 9.18. The molecular formula is C8H21NSi. The zero-order valence-corrected chi connectivity index (χ0v) is 8.86. The third-order valence-electron chi connectivity index (χ3n) is 1.66. The smallest absolute Gasteiger partial charge is 0.0916 e. The van der Waals surface area contributed by atoms with E-state index in [-0.39, 0.29) is 9.68 Å². The molecule has 0 aromatic carbocycles. The van der Waals surface area contributed by atoms with Crippen LogP contribution in [0.25, 0.3) is 0 Å². The summed E-state index contributed by atoms with van der Waals surface area (Å²) in [6.07, 6.45) is 5.49. The Morgan fingerprint density at radius 1 is 1.10 bits per heavy atom. The number of unbranched alkanes of at least 4 members (excludes halogenated alkanes) is 2. The highest BCUT2D eigenvalue weighted by Crippen LogP contribution is 1.91. The van der Waals surface area contributed by atoms with E-state index in [1.54, 1.807) is 0 Å². The predicted octanol–water partition coefficient (Wildman–Crippen LogP) is 1.68. The molecule has 1 nitrogen and oxygen atoms in total. The van der Waals surface area contributed by atoms with Crippen molar-refractivity contribution < 1.29 is 0 Å². The maximum atomic E-state index is 3.56. The Kier molecular flexibility index (Phi) is 9.34. The molecule has 10 heavy (non-hydrogen) atoms. The SMILES string of the molecule is CCCCN[SiH2]CCCC. The highest BCUT2D eigenvalue weighted by atomic mass is 28.2. The number of nitrogens with one attached hydrogen (secondary N) is 1. The summed E-state index contributed by atoms with van der Waals surface area (Å²) in [4.78, 5) is 3.56. The van der Waals surface area contributed by atoms with Gasteiger partial charge in [-0.2, -0.15) is 0 Å². The maximum Gasteiger partial charge on any atom is 0.0916 e. The quantitative estimate of drug-likeness (QED) is 0.440. The van der Waals surface area contributed by atoms with Crippen LogP contribution in [-0.2, 0) is 0 Å². The van der Waals surface area contributed by atoms with Crippen LogP contribution in [0.5, 0.6) is 0 Å². The average Bonchev–Trinajstić information content (AvgIpc) is 1.97. The normalized spacial score (nSPS) is 11.4. The third-order valence-corrected chi connectivity index (χ3v) is 3.22. The minimum atomic E-state index is 0.130. The Morgan fingerprint density at radius 2 is 1.80 bits per heavy atom. The molecule has 0 aliphatic carbocycles. The van der Waals surface area contributed by atoms with Crippen molar-refractivity contribution >= 4 is 9.68 Å². The molecular weight excluding hydrogens is 138 g/mol. The Labute approximate surface area is 67.5 Å². The highest BCUT2D eigenvalue weighted by Gasteiger charge is 1.86. The molecule has 2 heteroatoms. The lowest BCUT2D eigenvalue weighted by molar-refractivity contribution is 0.760. The van der Waals surface area contributed by atoms with E-state index in [0.717, 1.165) is 0 Å². The summed E-state index contributed by atoms with van der Waals surface area (Å²) in [5.41, 5.74) is 0. The van der Waals surface area contributed by atoms with Gasteiger partial charge in [-0.3, -0.25) is 0 Å². The Morgan fingerprint density at radius 3 is 2.40 bits per heavy atom. The fourth-order valence-electron chi connectivity index (χ4n) is 0.927. The molecule has 0 aliphatic rings. The fourth-order valence-corrected chi connectivity index (χ4v) is 2.43. The van der Waals surface area contributed by atoms with Crippen LogP contribution in [0.1, 0.15) is 39.5 Å². The van der Waals surface area contributed by atoms with E-state index in [4.69, 9.17) is 0 Å². The molecule has 0 aromatic rings. The first-order valence-electron chi connectivity index (χ1n) is 4.62. The molecule has 0 saturated carbocycles. The summed E-state index contributed by atoms with van der Waals surface area (Å²) in [6, 6.07) is 1.49. The molecule has 0 spiro atoms. The van der Waals surface area contributed by atoms with Gasteiger partial charge in [-0.25, -0.2) is 0 Å². The summed E-state index contributed by atoms with van der Waals surface area (Å²) < 4.78 is 0. The lowest BCUT2D eigenvalue weighted by Crippen LogP contribution is -2.19. The van der Waals surface area contributed by atoms with Crippen molar-refractivity contribution in [1.29, 1.82) is 0 Å². The first-order chi connectivity index (χ1) is 4.91. The number of hydrogen-bond acceptors (Lipinski definition) is 1. The van der Waals surface area contributed by atoms with Crippen molar-refractivity contribution in [2.24, 2.45) is 0 Å². The van der Waals surface area contributed by atoms with Crippen LogP contribution in [0, 0.1) is 0 Å². The van der Waals surface area contributed by atoms with Crippen molar-refractivity contribution in [3.63, 3.8) is 0 Å². The van der Waals surface area contributed by atoms with Gasteiger partial charge in [0.2, 0.25) is 0 Å². The van der Waals surface area contributed by atoms with Gasteiger partial charge in [0.25, 0.3) is 0 Å². The van der Waals surface area contributed by atoms with Crippen LogP contribution in [0.15, 0.2) is 0 Å². The molecule has 0 rings (SSSR count). The molecule has 0 bridgehead atoms. The molecule has 0 saturated heterocycles. The maximum absolute atomic E-state index is 3.56. The van der Waals surface area contributed by atoms with E-state index >= 15 is 0 Å². The van der Waals surface area contributed by atoms with Gasteiger partial charge in [0, 0.05) is 0 Å². The molecule has 0 radical (unpaired) electrons. The van der Waals surface area contributed by atoms with Crippen molar-refractivity contribution in [2.75, 3.05) is 6.54 Å². The van der Waals surface area contributed by atoms with Gasteiger partial charge >= 0.3 is 0 Å². The standard InChI is InChI=1S/C8H21NSi/c1-3-5-7-9-10-8-6-4-2/h9H,3-8,10H2,1-2H3. The Hall–Kier alpha value is 0.177. The molecule has 0 aromatic heterocycles. The minimum Gasteiger partial charge on any atom is -0.342 e. The topological polar surface area (TPSA) is 12.0 Å². The van der Waals surface area contributed by atoms with Crippen LogP contribution in [0.2, 0.25) is 6.04 Å². The second-order valence-electron chi connectivity index (χ2n) is 2.81. The number of rotatable bonds is 7.